The molecule has 0 amide bonds. The Bertz CT molecular complexity index is 1490. The highest BCUT2D eigenvalue weighted by Crippen LogP contribution is 2.38. The van der Waals surface area contributed by atoms with Crippen molar-refractivity contribution < 1.29 is 62.5 Å². The number of esters is 3. The van der Waals surface area contributed by atoms with Crippen LogP contribution in [0.4, 0.5) is 0 Å². The van der Waals surface area contributed by atoms with E-state index in [0.29, 0.717) is 32.4 Å². The lowest BCUT2D eigenvalue weighted by atomic mass is 9.81. The molecule has 62 heavy (non-hydrogen) atoms. The van der Waals surface area contributed by atoms with Crippen LogP contribution >= 0.6 is 0 Å². The van der Waals surface area contributed by atoms with Crippen molar-refractivity contribution in [3.8, 4) is 12.3 Å². The molecule has 2 saturated heterocycles. The summed E-state index contributed by atoms with van der Waals surface area (Å²) in [5.74, 6) is 0.962. The number of carbonyl (C=O) groups excluding carboxylic acids is 3. The van der Waals surface area contributed by atoms with Gasteiger partial charge in [-0.2, -0.15) is 0 Å². The molecule has 0 aromatic rings. The third-order valence-electron chi connectivity index (χ3n) is 12.1. The Morgan fingerprint density at radius 2 is 1.68 bits per heavy atom. The van der Waals surface area contributed by atoms with Crippen LogP contribution in [0.25, 0.3) is 0 Å². The van der Waals surface area contributed by atoms with Gasteiger partial charge in [0.1, 0.15) is 36.1 Å². The van der Waals surface area contributed by atoms with Crippen LogP contribution in [0, 0.1) is 30.1 Å². The van der Waals surface area contributed by atoms with Gasteiger partial charge < -0.3 is 57.9 Å². The van der Waals surface area contributed by atoms with Gasteiger partial charge in [-0.15, -0.1) is 6.42 Å². The lowest BCUT2D eigenvalue weighted by molar-refractivity contribution is -0.344. The largest absolute Gasteiger partial charge is 0.462 e. The molecular formula is C46H79N3O13. The molecule has 0 aliphatic carbocycles. The number of hydrogen-bond donors (Lipinski definition) is 2. The molecule has 0 aromatic carbocycles. The molecule has 3 aliphatic heterocycles. The van der Waals surface area contributed by atoms with Crippen LogP contribution in [0.5, 0.6) is 0 Å². The maximum atomic E-state index is 13.5. The van der Waals surface area contributed by atoms with Gasteiger partial charge >= 0.3 is 17.9 Å². The van der Waals surface area contributed by atoms with Gasteiger partial charge in [-0.1, -0.05) is 38.8 Å². The second-order valence-electron chi connectivity index (χ2n) is 18.9. The minimum atomic E-state index is -1.47. The number of nitrogens with zero attached hydrogens (tertiary/aromatic N) is 3. The van der Waals surface area contributed by atoms with E-state index in [1.165, 1.54) is 14.0 Å². The van der Waals surface area contributed by atoms with Crippen molar-refractivity contribution in [2.24, 2.45) is 17.8 Å². The second kappa shape index (κ2) is 24.6. The number of terminal acetylenes is 1. The van der Waals surface area contributed by atoms with Gasteiger partial charge in [-0.05, 0) is 100 Å². The fraction of sp³-hybridized carbons (Fsp3) is 0.848. The number of aliphatic hydroxyl groups is 2. The smallest absolute Gasteiger partial charge is 0.309 e. The Labute approximate surface area is 371 Å². The van der Waals surface area contributed by atoms with Gasteiger partial charge in [0.15, 0.2) is 18.7 Å². The van der Waals surface area contributed by atoms with Gasteiger partial charge in [0.2, 0.25) is 0 Å². The summed E-state index contributed by atoms with van der Waals surface area (Å²) in [6.45, 7) is 15.2. The Morgan fingerprint density at radius 3 is 2.24 bits per heavy atom. The molecule has 3 heterocycles. The number of hydrogen-bond acceptors (Lipinski definition) is 16. The summed E-state index contributed by atoms with van der Waals surface area (Å²) in [7, 11) is 11.1. The van der Waals surface area contributed by atoms with Crippen molar-refractivity contribution in [2.75, 3.05) is 55.4 Å². The van der Waals surface area contributed by atoms with Crippen molar-refractivity contribution in [1.82, 2.24) is 14.7 Å². The SMILES string of the molecule is C#CCN(C)CC[C@H]1C[C@@H](C)[C@@H](N(C)C)/C=C/C[C@@H](C)OC(=O)C[C@@H](OC(C)=O)[C@H](OC)[C@H]1O[C@@H]1O[C@H](C)C(O[C@H]2C[C@@](C)(O)[C@@H](OC(=O)CC(C)C)[C@H](C)O2)[C@H](N(C)C)[C@H]1O. The number of rotatable bonds is 15. The van der Waals surface area contributed by atoms with E-state index in [0.717, 1.165) is 0 Å². The van der Waals surface area contributed by atoms with Crippen molar-refractivity contribution >= 4 is 17.9 Å². The monoisotopic (exact) mass is 882 g/mol. The third kappa shape index (κ3) is 15.5. The molecule has 0 spiro atoms. The molecule has 356 valence electrons. The summed E-state index contributed by atoms with van der Waals surface area (Å²) >= 11 is 0. The molecule has 2 N–H and O–H groups in total. The van der Waals surface area contributed by atoms with E-state index in [1.54, 1.807) is 13.8 Å². The Morgan fingerprint density at radius 1 is 1.00 bits per heavy atom. The van der Waals surface area contributed by atoms with Crippen molar-refractivity contribution in [3.63, 3.8) is 0 Å². The Hall–Kier alpha value is -2.69. The highest BCUT2D eigenvalue weighted by atomic mass is 16.7. The molecule has 0 aromatic heterocycles. The second-order valence-corrected chi connectivity index (χ2v) is 18.9. The summed E-state index contributed by atoms with van der Waals surface area (Å²) in [5.41, 5.74) is -1.47. The lowest BCUT2D eigenvalue weighted by Crippen LogP contribution is -2.66. The topological polar surface area (TPSA) is 175 Å². The zero-order valence-corrected chi connectivity index (χ0v) is 39.9. The van der Waals surface area contributed by atoms with Crippen LogP contribution in [-0.2, 0) is 52.3 Å². The van der Waals surface area contributed by atoms with E-state index in [4.69, 9.17) is 44.3 Å². The van der Waals surface area contributed by atoms with Crippen LogP contribution in [-0.4, -0.2) is 183 Å². The quantitative estimate of drug-likeness (QED) is 0.106. The van der Waals surface area contributed by atoms with Crippen LogP contribution in [0.3, 0.4) is 0 Å². The highest BCUT2D eigenvalue weighted by Gasteiger charge is 2.53. The minimum absolute atomic E-state index is 0.00173. The molecular weight excluding hydrogens is 803 g/mol. The molecule has 0 radical (unpaired) electrons. The van der Waals surface area contributed by atoms with E-state index >= 15 is 0 Å². The molecule has 16 heteroatoms. The van der Waals surface area contributed by atoms with E-state index in [-0.39, 0.29) is 43.1 Å². The molecule has 1 unspecified atom stereocenters. The number of ether oxygens (including phenoxy) is 8. The van der Waals surface area contributed by atoms with Gasteiger partial charge in [0.05, 0.1) is 37.3 Å². The number of methoxy groups -OCH3 is 1. The number of carbonyl (C=O) groups is 3. The number of cyclic esters (lactones) is 1. The maximum Gasteiger partial charge on any atom is 0.309 e. The maximum absolute atomic E-state index is 13.5. The van der Waals surface area contributed by atoms with Gasteiger partial charge in [-0.25, -0.2) is 0 Å². The molecule has 3 rings (SSSR count). The first-order chi connectivity index (χ1) is 29.0. The van der Waals surface area contributed by atoms with E-state index in [2.05, 4.69) is 23.8 Å². The van der Waals surface area contributed by atoms with Crippen LogP contribution in [0.15, 0.2) is 12.2 Å². The predicted octanol–water partition coefficient (Wildman–Crippen LogP) is 3.39. The summed E-state index contributed by atoms with van der Waals surface area (Å²) in [4.78, 5) is 44.8. The van der Waals surface area contributed by atoms with E-state index in [1.807, 2.05) is 78.8 Å². The number of likely N-dealkylation sites (N-methyl/N-ethyl adjacent to an activating group) is 2. The molecule has 3 aliphatic rings. The highest BCUT2D eigenvalue weighted by molar-refractivity contribution is 5.72. The van der Waals surface area contributed by atoms with Gasteiger partial charge in [0.25, 0.3) is 0 Å². The van der Waals surface area contributed by atoms with Crippen LogP contribution in [0.2, 0.25) is 0 Å². The van der Waals surface area contributed by atoms with Crippen molar-refractivity contribution in [3.05, 3.63) is 12.2 Å². The third-order valence-corrected chi connectivity index (χ3v) is 12.1. The molecule has 16 atom stereocenters. The Balaban J connectivity index is 2.06. The molecule has 16 nitrogen and oxygen atoms in total. The summed E-state index contributed by atoms with van der Waals surface area (Å²) in [6.07, 6.45) is 1.44. The molecule has 0 bridgehead atoms. The first kappa shape index (κ1) is 53.6. The van der Waals surface area contributed by atoms with Crippen LogP contribution < -0.4 is 0 Å². The molecule has 2 fully saturated rings. The lowest BCUT2D eigenvalue weighted by Gasteiger charge is -2.50. The average molecular weight is 882 g/mol. The van der Waals surface area contributed by atoms with Gasteiger partial charge in [0, 0.05) is 39.3 Å². The Kier molecular flexibility index (Phi) is 21.2. The first-order valence-corrected chi connectivity index (χ1v) is 22.2. The minimum Gasteiger partial charge on any atom is -0.462 e. The predicted molar refractivity (Wildman–Crippen MR) is 232 cm³/mol. The first-order valence-electron chi connectivity index (χ1n) is 22.2. The fourth-order valence-electron chi connectivity index (χ4n) is 9.19. The summed E-state index contributed by atoms with van der Waals surface area (Å²) in [5, 5.41) is 23.9. The summed E-state index contributed by atoms with van der Waals surface area (Å²) in [6, 6.07) is -0.713. The average Bonchev–Trinajstić information content (AvgIpc) is 3.13. The zero-order chi connectivity index (χ0) is 46.6. The fourth-order valence-corrected chi connectivity index (χ4v) is 9.19. The zero-order valence-electron chi connectivity index (χ0n) is 39.9. The van der Waals surface area contributed by atoms with Gasteiger partial charge in [-0.3, -0.25) is 19.3 Å². The molecule has 0 saturated carbocycles. The van der Waals surface area contributed by atoms with Crippen molar-refractivity contribution in [1.29, 1.82) is 0 Å². The van der Waals surface area contributed by atoms with E-state index in [9.17, 15) is 24.6 Å². The van der Waals surface area contributed by atoms with Crippen LogP contribution in [0.1, 0.15) is 93.9 Å². The standard InChI is InChI=1S/C46H79N3O13/c1-16-21-49(14)22-20-33-24-28(4)34(47(10)11)19-17-18-29(5)56-37(52)25-35(59-32(8)50)43(55-15)42(33)62-45-40(53)39(48(12)13)41(30(6)58-45)61-38-26-46(9,54)44(31(7)57-38)60-36(51)23-27(2)3/h1,17,19,27-31,33-35,38-45,53-54H,18,20-26H2,2-15H3/b19-17+/t28-,29-,30-,31+,33+,34+,35-,38+,39-,40-,41?,42+,43+,44+,45+,46-/m1/s1. The summed E-state index contributed by atoms with van der Waals surface area (Å²) < 4.78 is 49.9. The van der Waals surface area contributed by atoms with E-state index < -0.39 is 97.1 Å². The normalized spacial score (nSPS) is 38.3. The number of aliphatic hydroxyl groups excluding tert-OH is 1. The van der Waals surface area contributed by atoms with Crippen molar-refractivity contribution in [2.45, 2.75) is 179 Å².